The Labute approximate surface area is 219 Å². The van der Waals surface area contributed by atoms with Crippen LogP contribution in [-0.2, 0) is 22.1 Å². The number of benzene rings is 1. The molecule has 1 atom stereocenters. The van der Waals surface area contributed by atoms with Crippen LogP contribution in [0.5, 0.6) is 0 Å². The predicted molar refractivity (Wildman–Crippen MR) is 134 cm³/mol. The van der Waals surface area contributed by atoms with Crippen molar-refractivity contribution >= 4 is 39.5 Å². The van der Waals surface area contributed by atoms with Gasteiger partial charge in [0.25, 0.3) is 0 Å². The zero-order chi connectivity index (χ0) is 27.7. The summed E-state index contributed by atoms with van der Waals surface area (Å²) >= 11 is 1.07. The maximum Gasteiger partial charge on any atom is 0.416 e. The molecule has 0 spiro atoms. The van der Waals surface area contributed by atoms with Gasteiger partial charge in [-0.3, -0.25) is 15.2 Å². The Morgan fingerprint density at radius 2 is 1.92 bits per heavy atom. The number of fused-ring (bicyclic) bond motifs is 1. The van der Waals surface area contributed by atoms with E-state index in [1.807, 2.05) is 13.0 Å². The van der Waals surface area contributed by atoms with Crippen LogP contribution in [-0.4, -0.2) is 49.0 Å². The largest absolute Gasteiger partial charge is 0.444 e. The van der Waals surface area contributed by atoms with Crippen molar-refractivity contribution in [3.8, 4) is 10.6 Å². The number of hydrogen-bond acceptors (Lipinski definition) is 8. The van der Waals surface area contributed by atoms with Gasteiger partial charge in [-0.05, 0) is 45.4 Å². The lowest BCUT2D eigenvalue weighted by Crippen LogP contribution is -2.47. The SMILES string of the molecule is Cc1n[nH]c2ncc(-c3nnc(NC(=O)[C@H](Cc4cccc(C(F)(F)F)c4)NC(=O)OC(C)(C)C)s3)cc12. The van der Waals surface area contributed by atoms with E-state index in [1.165, 1.54) is 12.1 Å². The highest BCUT2D eigenvalue weighted by atomic mass is 32.1. The van der Waals surface area contributed by atoms with Crippen LogP contribution in [0.3, 0.4) is 0 Å². The fourth-order valence-corrected chi connectivity index (χ4v) is 4.22. The number of hydrogen-bond donors (Lipinski definition) is 3. The van der Waals surface area contributed by atoms with E-state index in [0.29, 0.717) is 16.2 Å². The van der Waals surface area contributed by atoms with E-state index >= 15 is 0 Å². The van der Waals surface area contributed by atoms with Crippen LogP contribution in [0.15, 0.2) is 36.5 Å². The molecule has 0 saturated carbocycles. The number of amides is 2. The molecule has 4 aromatic rings. The van der Waals surface area contributed by atoms with Gasteiger partial charge < -0.3 is 10.1 Å². The number of nitrogens with zero attached hydrogens (tertiary/aromatic N) is 4. The molecule has 3 heterocycles. The van der Waals surface area contributed by atoms with Crippen LogP contribution in [0, 0.1) is 6.92 Å². The third-order valence-electron chi connectivity index (χ3n) is 5.21. The predicted octanol–water partition coefficient (Wildman–Crippen LogP) is 4.88. The van der Waals surface area contributed by atoms with E-state index in [2.05, 4.69) is 36.0 Å². The second-order valence-electron chi connectivity index (χ2n) is 9.43. The molecule has 0 aliphatic carbocycles. The van der Waals surface area contributed by atoms with E-state index in [1.54, 1.807) is 27.0 Å². The second-order valence-corrected chi connectivity index (χ2v) is 10.4. The number of alkyl halides is 3. The number of halogens is 3. The van der Waals surface area contributed by atoms with Crippen molar-refractivity contribution in [2.24, 2.45) is 0 Å². The van der Waals surface area contributed by atoms with Crippen LogP contribution in [0.1, 0.15) is 37.6 Å². The van der Waals surface area contributed by atoms with Crippen molar-refractivity contribution in [3.63, 3.8) is 0 Å². The standard InChI is InChI=1S/C24H24F3N7O3S/c1-12-16-10-14(11-28-18(16)32-31-12)20-33-34-21(38-20)30-19(35)17(29-22(36)37-23(2,3)4)9-13-6-5-7-15(8-13)24(25,26)27/h5-8,10-11,17H,9H2,1-4H3,(H,29,36)(H,28,31,32)(H,30,34,35)/t17-/m0/s1. The number of anilines is 1. The van der Waals surface area contributed by atoms with Crippen molar-refractivity contribution < 1.29 is 27.5 Å². The quantitative estimate of drug-likeness (QED) is 0.313. The summed E-state index contributed by atoms with van der Waals surface area (Å²) < 4.78 is 44.8. The van der Waals surface area contributed by atoms with Gasteiger partial charge in [0.2, 0.25) is 11.0 Å². The molecule has 10 nitrogen and oxygen atoms in total. The summed E-state index contributed by atoms with van der Waals surface area (Å²) in [6.07, 6.45) is -4.08. The van der Waals surface area contributed by atoms with Gasteiger partial charge in [0.15, 0.2) is 10.7 Å². The number of nitrogens with one attached hydrogen (secondary N) is 3. The molecular weight excluding hydrogens is 523 g/mol. The highest BCUT2D eigenvalue weighted by Gasteiger charge is 2.31. The average Bonchev–Trinajstić information content (AvgIpc) is 3.43. The maximum atomic E-state index is 13.2. The lowest BCUT2D eigenvalue weighted by atomic mass is 10.0. The summed E-state index contributed by atoms with van der Waals surface area (Å²) in [6.45, 7) is 6.77. The van der Waals surface area contributed by atoms with Crippen LogP contribution in [0.25, 0.3) is 21.6 Å². The summed E-state index contributed by atoms with van der Waals surface area (Å²) in [4.78, 5) is 29.9. The average molecular weight is 548 g/mol. The van der Waals surface area contributed by atoms with Crippen molar-refractivity contribution in [2.75, 3.05) is 5.32 Å². The van der Waals surface area contributed by atoms with E-state index < -0.39 is 35.4 Å². The van der Waals surface area contributed by atoms with Crippen LogP contribution >= 0.6 is 11.3 Å². The first kappa shape index (κ1) is 27.0. The minimum absolute atomic E-state index is 0.133. The van der Waals surface area contributed by atoms with Crippen molar-refractivity contribution in [3.05, 3.63) is 53.3 Å². The molecule has 3 N–H and O–H groups in total. The van der Waals surface area contributed by atoms with Gasteiger partial charge in [-0.1, -0.05) is 29.5 Å². The molecule has 0 bridgehead atoms. The van der Waals surface area contributed by atoms with E-state index in [9.17, 15) is 22.8 Å². The van der Waals surface area contributed by atoms with Gasteiger partial charge in [0.1, 0.15) is 11.6 Å². The number of carbonyl (C=O) groups excluding carboxylic acids is 2. The molecule has 38 heavy (non-hydrogen) atoms. The molecule has 4 rings (SSSR count). The van der Waals surface area contributed by atoms with E-state index in [-0.39, 0.29) is 17.1 Å². The number of H-pyrrole nitrogens is 1. The topological polar surface area (TPSA) is 135 Å². The second kappa shape index (κ2) is 10.4. The first-order valence-corrected chi connectivity index (χ1v) is 12.2. The number of aromatic nitrogens is 5. The van der Waals surface area contributed by atoms with Crippen molar-refractivity contribution in [1.29, 1.82) is 0 Å². The number of rotatable bonds is 6. The third-order valence-corrected chi connectivity index (χ3v) is 6.10. The number of aryl methyl sites for hydroxylation is 1. The van der Waals surface area contributed by atoms with Gasteiger partial charge in [-0.2, -0.15) is 18.3 Å². The fourth-order valence-electron chi connectivity index (χ4n) is 3.50. The molecular formula is C24H24F3N7O3S. The Bertz CT molecular complexity index is 1480. The van der Waals surface area contributed by atoms with E-state index in [0.717, 1.165) is 34.5 Å². The Morgan fingerprint density at radius 3 is 2.63 bits per heavy atom. The molecule has 0 unspecified atom stereocenters. The Balaban J connectivity index is 1.54. The Hall–Kier alpha value is -4.07. The van der Waals surface area contributed by atoms with Gasteiger partial charge in [0, 0.05) is 23.6 Å². The van der Waals surface area contributed by atoms with Crippen LogP contribution in [0.2, 0.25) is 0 Å². The van der Waals surface area contributed by atoms with Gasteiger partial charge in [0.05, 0.1) is 11.3 Å². The minimum atomic E-state index is -4.55. The van der Waals surface area contributed by atoms with Gasteiger partial charge in [-0.15, -0.1) is 10.2 Å². The first-order chi connectivity index (χ1) is 17.8. The number of pyridine rings is 1. The number of carbonyl (C=O) groups is 2. The highest BCUT2D eigenvalue weighted by molar-refractivity contribution is 7.18. The molecule has 0 radical (unpaired) electrons. The monoisotopic (exact) mass is 547 g/mol. The summed E-state index contributed by atoms with van der Waals surface area (Å²) in [6, 6.07) is 5.13. The molecule has 14 heteroatoms. The van der Waals surface area contributed by atoms with Gasteiger partial charge >= 0.3 is 12.3 Å². The van der Waals surface area contributed by atoms with Crippen LogP contribution < -0.4 is 10.6 Å². The number of ether oxygens (including phenoxy) is 1. The molecule has 2 amide bonds. The molecule has 0 aliphatic heterocycles. The molecule has 0 saturated heterocycles. The normalized spacial score (nSPS) is 12.8. The van der Waals surface area contributed by atoms with E-state index in [4.69, 9.17) is 4.74 Å². The summed E-state index contributed by atoms with van der Waals surface area (Å²) in [7, 11) is 0. The first-order valence-electron chi connectivity index (χ1n) is 11.4. The Kier molecular flexibility index (Phi) is 7.35. The Morgan fingerprint density at radius 1 is 1.16 bits per heavy atom. The fraction of sp³-hybridized carbons (Fsp3) is 0.333. The molecule has 0 fully saturated rings. The highest BCUT2D eigenvalue weighted by Crippen LogP contribution is 2.30. The molecule has 3 aromatic heterocycles. The van der Waals surface area contributed by atoms with Crippen LogP contribution in [0.4, 0.5) is 23.1 Å². The molecule has 200 valence electrons. The lowest BCUT2D eigenvalue weighted by molar-refractivity contribution is -0.137. The minimum Gasteiger partial charge on any atom is -0.444 e. The van der Waals surface area contributed by atoms with Gasteiger partial charge in [-0.25, -0.2) is 9.78 Å². The summed E-state index contributed by atoms with van der Waals surface area (Å²) in [5, 5.41) is 21.5. The zero-order valence-corrected chi connectivity index (χ0v) is 21.6. The maximum absolute atomic E-state index is 13.2. The summed E-state index contributed by atoms with van der Waals surface area (Å²) in [5.41, 5.74) is 0.528. The number of alkyl carbamates (subject to hydrolysis) is 1. The molecule has 0 aliphatic rings. The van der Waals surface area contributed by atoms with Crippen molar-refractivity contribution in [2.45, 2.75) is 51.9 Å². The summed E-state index contributed by atoms with van der Waals surface area (Å²) in [5.74, 6) is -0.699. The smallest absolute Gasteiger partial charge is 0.416 e. The number of aromatic amines is 1. The van der Waals surface area contributed by atoms with Crippen molar-refractivity contribution in [1.82, 2.24) is 30.7 Å². The molecule has 1 aromatic carbocycles. The lowest BCUT2D eigenvalue weighted by Gasteiger charge is -2.23. The third kappa shape index (κ3) is 6.62. The zero-order valence-electron chi connectivity index (χ0n) is 20.8.